The van der Waals surface area contributed by atoms with Gasteiger partial charge in [0.15, 0.2) is 0 Å². The summed E-state index contributed by atoms with van der Waals surface area (Å²) in [5, 5.41) is 3.54. The zero-order chi connectivity index (χ0) is 18.7. The number of amides is 1. The number of carbonyl (C=O) groups is 1. The zero-order valence-electron chi connectivity index (χ0n) is 14.1. The molecule has 132 valence electrons. The van der Waals surface area contributed by atoms with Gasteiger partial charge in [0.2, 0.25) is 0 Å². The van der Waals surface area contributed by atoms with Crippen LogP contribution in [0.5, 0.6) is 11.8 Å². The molecular formula is C19H15Cl2N3O2. The third-order valence-corrected chi connectivity index (χ3v) is 4.16. The van der Waals surface area contributed by atoms with E-state index in [1.165, 1.54) is 6.07 Å². The van der Waals surface area contributed by atoms with Gasteiger partial charge in [-0.1, -0.05) is 41.4 Å². The molecule has 0 bridgehead atoms. The monoisotopic (exact) mass is 387 g/mol. The van der Waals surface area contributed by atoms with Crippen LogP contribution in [0.1, 0.15) is 21.7 Å². The molecule has 0 saturated carbocycles. The van der Waals surface area contributed by atoms with Crippen LogP contribution < -0.4 is 10.1 Å². The second-order valence-corrected chi connectivity index (χ2v) is 6.39. The molecule has 1 amide bonds. The van der Waals surface area contributed by atoms with Gasteiger partial charge in [0, 0.05) is 5.02 Å². The second-order valence-electron chi connectivity index (χ2n) is 5.55. The van der Waals surface area contributed by atoms with Crippen LogP contribution in [0.3, 0.4) is 0 Å². The summed E-state index contributed by atoms with van der Waals surface area (Å²) in [6.45, 7) is 3.54. The van der Waals surface area contributed by atoms with Crippen LogP contribution in [0.4, 0.5) is 5.69 Å². The molecule has 26 heavy (non-hydrogen) atoms. The summed E-state index contributed by atoms with van der Waals surface area (Å²) >= 11 is 12.0. The number of carbonyl (C=O) groups excluding carboxylic acids is 1. The maximum Gasteiger partial charge on any atom is 0.322 e. The molecule has 0 aliphatic carbocycles. The largest absolute Gasteiger partial charge is 0.424 e. The van der Waals surface area contributed by atoms with E-state index in [4.69, 9.17) is 27.9 Å². The first kappa shape index (κ1) is 18.2. The van der Waals surface area contributed by atoms with E-state index in [-0.39, 0.29) is 16.9 Å². The van der Waals surface area contributed by atoms with Crippen molar-refractivity contribution in [1.82, 2.24) is 9.97 Å². The van der Waals surface area contributed by atoms with Gasteiger partial charge < -0.3 is 10.1 Å². The minimum Gasteiger partial charge on any atom is -0.424 e. The van der Waals surface area contributed by atoms with E-state index < -0.39 is 0 Å². The van der Waals surface area contributed by atoms with Gasteiger partial charge in [-0.3, -0.25) is 4.79 Å². The van der Waals surface area contributed by atoms with Crippen LogP contribution in [-0.4, -0.2) is 15.9 Å². The quantitative estimate of drug-likeness (QED) is 0.646. The predicted molar refractivity (Wildman–Crippen MR) is 102 cm³/mol. The number of aryl methyl sites for hydroxylation is 2. The average Bonchev–Trinajstić information content (AvgIpc) is 2.59. The first-order chi connectivity index (χ1) is 12.4. The summed E-state index contributed by atoms with van der Waals surface area (Å²) in [5.74, 6) is 0.272. The predicted octanol–water partition coefficient (Wildman–Crippen LogP) is 5.44. The molecule has 0 aliphatic heterocycles. The van der Waals surface area contributed by atoms with Crippen molar-refractivity contribution in [2.75, 3.05) is 5.32 Å². The highest BCUT2D eigenvalue weighted by molar-refractivity contribution is 6.37. The van der Waals surface area contributed by atoms with Crippen LogP contribution in [0.25, 0.3) is 0 Å². The van der Waals surface area contributed by atoms with Crippen molar-refractivity contribution < 1.29 is 9.53 Å². The van der Waals surface area contributed by atoms with E-state index in [1.807, 2.05) is 30.3 Å². The van der Waals surface area contributed by atoms with Crippen molar-refractivity contribution in [3.63, 3.8) is 0 Å². The van der Waals surface area contributed by atoms with Crippen molar-refractivity contribution in [2.24, 2.45) is 0 Å². The van der Waals surface area contributed by atoms with Gasteiger partial charge in [-0.2, -0.15) is 9.97 Å². The van der Waals surface area contributed by atoms with Crippen LogP contribution in [0.2, 0.25) is 10.0 Å². The Labute approximate surface area is 161 Å². The van der Waals surface area contributed by atoms with E-state index in [0.717, 1.165) is 0 Å². The summed E-state index contributed by atoms with van der Waals surface area (Å²) < 4.78 is 5.65. The fraction of sp³-hybridized carbons (Fsp3) is 0.105. The second kappa shape index (κ2) is 7.72. The van der Waals surface area contributed by atoms with Crippen LogP contribution in [0, 0.1) is 13.8 Å². The number of hydrogen-bond acceptors (Lipinski definition) is 4. The highest BCUT2D eigenvalue weighted by atomic mass is 35.5. The Kier molecular flexibility index (Phi) is 5.40. The lowest BCUT2D eigenvalue weighted by molar-refractivity contribution is 0.102. The summed E-state index contributed by atoms with van der Waals surface area (Å²) in [4.78, 5) is 21.1. The molecule has 0 aliphatic rings. The number of halogens is 2. The lowest BCUT2D eigenvalue weighted by atomic mass is 10.2. The fourth-order valence-corrected chi connectivity index (χ4v) is 2.85. The molecule has 2 aromatic carbocycles. The average molecular weight is 388 g/mol. The summed E-state index contributed by atoms with van der Waals surface area (Å²) in [5.41, 5.74) is 2.00. The molecule has 0 fully saturated rings. The van der Waals surface area contributed by atoms with Crippen LogP contribution in [0.15, 0.2) is 48.5 Å². The molecule has 0 radical (unpaired) electrons. The number of anilines is 1. The maximum atomic E-state index is 12.5. The van der Waals surface area contributed by atoms with Crippen molar-refractivity contribution in [1.29, 1.82) is 0 Å². The molecule has 3 rings (SSSR count). The number of hydrogen-bond donors (Lipinski definition) is 1. The van der Waals surface area contributed by atoms with Crippen molar-refractivity contribution in [3.05, 3.63) is 75.5 Å². The molecule has 1 N–H and O–H groups in total. The molecule has 0 saturated heterocycles. The minimum atomic E-state index is -0.363. The number of nitrogens with zero attached hydrogens (tertiary/aromatic N) is 2. The van der Waals surface area contributed by atoms with E-state index in [2.05, 4.69) is 15.3 Å². The van der Waals surface area contributed by atoms with Gasteiger partial charge in [-0.05, 0) is 44.2 Å². The smallest absolute Gasteiger partial charge is 0.322 e. The van der Waals surface area contributed by atoms with Gasteiger partial charge in [0.05, 0.1) is 27.7 Å². The number of ether oxygens (including phenoxy) is 1. The SMILES string of the molecule is Cc1nc(Oc2ccccc2)nc(C)c1NC(=O)c1ccc(Cl)cc1Cl. The van der Waals surface area contributed by atoms with E-state index in [1.54, 1.807) is 26.0 Å². The Balaban J connectivity index is 1.83. The van der Waals surface area contributed by atoms with Gasteiger partial charge in [0.25, 0.3) is 5.91 Å². The summed E-state index contributed by atoms with van der Waals surface area (Å²) in [7, 11) is 0. The molecule has 1 heterocycles. The Morgan fingerprint density at radius 2 is 1.65 bits per heavy atom. The van der Waals surface area contributed by atoms with Crippen LogP contribution >= 0.6 is 23.2 Å². The summed E-state index contributed by atoms with van der Waals surface area (Å²) in [6, 6.07) is 14.1. The number of aromatic nitrogens is 2. The molecular weight excluding hydrogens is 373 g/mol. The number of nitrogens with one attached hydrogen (secondary N) is 1. The lowest BCUT2D eigenvalue weighted by Crippen LogP contribution is -2.15. The number of para-hydroxylation sites is 1. The topological polar surface area (TPSA) is 64.1 Å². The lowest BCUT2D eigenvalue weighted by Gasteiger charge is -2.13. The number of benzene rings is 2. The van der Waals surface area contributed by atoms with Gasteiger partial charge >= 0.3 is 6.01 Å². The molecule has 1 aromatic heterocycles. The standard InChI is InChI=1S/C19H15Cl2N3O2/c1-11-17(24-18(25)15-9-8-13(20)10-16(15)21)12(2)23-19(22-11)26-14-6-4-3-5-7-14/h3-10H,1-2H3,(H,24,25). The molecule has 5 nitrogen and oxygen atoms in total. The van der Waals surface area contributed by atoms with Gasteiger partial charge in [-0.15, -0.1) is 0 Å². The highest BCUT2D eigenvalue weighted by Crippen LogP contribution is 2.26. The maximum absolute atomic E-state index is 12.5. The third kappa shape index (κ3) is 4.12. The molecule has 3 aromatic rings. The Morgan fingerprint density at radius 1 is 1.00 bits per heavy atom. The molecule has 0 atom stereocenters. The van der Waals surface area contributed by atoms with E-state index >= 15 is 0 Å². The van der Waals surface area contributed by atoms with Crippen LogP contribution in [-0.2, 0) is 0 Å². The number of rotatable bonds is 4. The molecule has 7 heteroatoms. The van der Waals surface area contributed by atoms with Gasteiger partial charge in [0.1, 0.15) is 5.75 Å². The fourth-order valence-electron chi connectivity index (χ4n) is 2.36. The zero-order valence-corrected chi connectivity index (χ0v) is 15.6. The third-order valence-electron chi connectivity index (χ3n) is 3.62. The molecule has 0 unspecified atom stereocenters. The van der Waals surface area contributed by atoms with Gasteiger partial charge in [-0.25, -0.2) is 0 Å². The van der Waals surface area contributed by atoms with Crippen molar-refractivity contribution >= 4 is 34.8 Å². The highest BCUT2D eigenvalue weighted by Gasteiger charge is 2.16. The minimum absolute atomic E-state index is 0.216. The Bertz CT molecular complexity index is 939. The molecule has 0 spiro atoms. The Morgan fingerprint density at radius 3 is 2.27 bits per heavy atom. The van der Waals surface area contributed by atoms with E-state index in [0.29, 0.717) is 33.4 Å². The van der Waals surface area contributed by atoms with E-state index in [9.17, 15) is 4.79 Å². The first-order valence-corrected chi connectivity index (χ1v) is 8.54. The van der Waals surface area contributed by atoms with Crippen molar-refractivity contribution in [3.8, 4) is 11.8 Å². The normalized spacial score (nSPS) is 10.5. The Hall–Kier alpha value is -2.63. The first-order valence-electron chi connectivity index (χ1n) is 7.78. The summed E-state index contributed by atoms with van der Waals surface area (Å²) in [6.07, 6.45) is 0. The van der Waals surface area contributed by atoms with Crippen molar-refractivity contribution in [2.45, 2.75) is 13.8 Å².